The summed E-state index contributed by atoms with van der Waals surface area (Å²) in [4.78, 5) is 20.8. The molecule has 0 bridgehead atoms. The van der Waals surface area contributed by atoms with Gasteiger partial charge in [-0.2, -0.15) is 4.98 Å². The van der Waals surface area contributed by atoms with Crippen molar-refractivity contribution in [1.82, 2.24) is 24.6 Å². The summed E-state index contributed by atoms with van der Waals surface area (Å²) >= 11 is 0. The maximum absolute atomic E-state index is 11.8. The lowest BCUT2D eigenvalue weighted by atomic mass is 9.91. The van der Waals surface area contributed by atoms with Crippen molar-refractivity contribution in [1.29, 1.82) is 0 Å². The fraction of sp³-hybridized carbons (Fsp3) is 0.421. The summed E-state index contributed by atoms with van der Waals surface area (Å²) in [6.07, 6.45) is 6.02. The highest BCUT2D eigenvalue weighted by Gasteiger charge is 2.23. The van der Waals surface area contributed by atoms with Gasteiger partial charge in [0.1, 0.15) is 5.65 Å². The first kappa shape index (κ1) is 19.1. The molecule has 1 amide bonds. The first-order chi connectivity index (χ1) is 13.9. The van der Waals surface area contributed by atoms with Crippen LogP contribution in [0.15, 0.2) is 18.3 Å². The van der Waals surface area contributed by atoms with Crippen molar-refractivity contribution in [3.8, 4) is 0 Å². The molecular weight excluding hydrogens is 370 g/mol. The van der Waals surface area contributed by atoms with Gasteiger partial charge in [-0.05, 0) is 38.8 Å². The zero-order chi connectivity index (χ0) is 20.5. The Labute approximate surface area is 168 Å². The minimum Gasteiger partial charge on any atom is -0.364 e. The molecule has 1 saturated carbocycles. The Morgan fingerprint density at radius 1 is 1.17 bits per heavy atom. The van der Waals surface area contributed by atoms with Crippen LogP contribution in [0.3, 0.4) is 0 Å². The molecule has 4 rings (SSSR count). The number of carbonyl (C=O) groups is 1. The molecule has 10 heteroatoms. The van der Waals surface area contributed by atoms with Crippen LogP contribution in [0.25, 0.3) is 5.65 Å². The topological polar surface area (TPSA) is 149 Å². The van der Waals surface area contributed by atoms with E-state index < -0.39 is 5.91 Å². The first-order valence-electron chi connectivity index (χ1n) is 9.71. The molecule has 6 N–H and O–H groups in total. The molecule has 3 heterocycles. The van der Waals surface area contributed by atoms with Gasteiger partial charge in [-0.25, -0.2) is 4.98 Å². The number of nitrogens with zero attached hydrogens (tertiary/aromatic N) is 5. The van der Waals surface area contributed by atoms with Crippen LogP contribution in [0.5, 0.6) is 0 Å². The van der Waals surface area contributed by atoms with Gasteiger partial charge in [0.15, 0.2) is 11.5 Å². The lowest BCUT2D eigenvalue weighted by molar-refractivity contribution is 0.0995. The van der Waals surface area contributed by atoms with Gasteiger partial charge in [-0.3, -0.25) is 4.79 Å². The average molecular weight is 395 g/mol. The summed E-state index contributed by atoms with van der Waals surface area (Å²) in [5.74, 6) is -0.145. The quantitative estimate of drug-likeness (QED) is 0.509. The van der Waals surface area contributed by atoms with Crippen LogP contribution in [0.2, 0.25) is 0 Å². The molecule has 152 valence electrons. The SMILES string of the molecule is Cc1nc2ccc(Nc3nc(N[C@@H]4CCCC[C@@H]4N)nnc3C(N)=O)cn2c1C. The molecular formula is C19H25N9O. The molecule has 0 radical (unpaired) electrons. The van der Waals surface area contributed by atoms with Crippen LogP contribution in [0, 0.1) is 13.8 Å². The molecule has 1 aliphatic rings. The third-order valence-corrected chi connectivity index (χ3v) is 5.41. The second kappa shape index (κ2) is 7.63. The number of nitrogens with one attached hydrogen (secondary N) is 2. The minimum atomic E-state index is -0.704. The maximum Gasteiger partial charge on any atom is 0.273 e. The summed E-state index contributed by atoms with van der Waals surface area (Å²) in [5.41, 5.74) is 15.2. The lowest BCUT2D eigenvalue weighted by Crippen LogP contribution is -2.43. The number of aromatic nitrogens is 5. The van der Waals surface area contributed by atoms with Crippen LogP contribution in [0.4, 0.5) is 17.5 Å². The van der Waals surface area contributed by atoms with Crippen LogP contribution < -0.4 is 22.1 Å². The van der Waals surface area contributed by atoms with Crippen molar-refractivity contribution < 1.29 is 4.79 Å². The fourth-order valence-electron chi connectivity index (χ4n) is 3.64. The van der Waals surface area contributed by atoms with Crippen molar-refractivity contribution in [2.75, 3.05) is 10.6 Å². The Balaban J connectivity index is 1.64. The summed E-state index contributed by atoms with van der Waals surface area (Å²) in [7, 11) is 0. The van der Waals surface area contributed by atoms with Gasteiger partial charge in [0.2, 0.25) is 5.95 Å². The van der Waals surface area contributed by atoms with E-state index >= 15 is 0 Å². The van der Waals surface area contributed by atoms with E-state index in [4.69, 9.17) is 11.5 Å². The molecule has 1 aliphatic carbocycles. The number of pyridine rings is 1. The Kier molecular flexibility index (Phi) is 5.01. The molecule has 3 aromatic rings. The van der Waals surface area contributed by atoms with Crippen LogP contribution in [-0.2, 0) is 0 Å². The lowest BCUT2D eigenvalue weighted by Gasteiger charge is -2.29. The molecule has 0 aliphatic heterocycles. The highest BCUT2D eigenvalue weighted by Crippen LogP contribution is 2.23. The number of fused-ring (bicyclic) bond motifs is 1. The number of carbonyl (C=O) groups excluding carboxylic acids is 1. The Bertz CT molecular complexity index is 1060. The van der Waals surface area contributed by atoms with Gasteiger partial charge in [0, 0.05) is 24.0 Å². The van der Waals surface area contributed by atoms with E-state index in [1.54, 1.807) is 0 Å². The Morgan fingerprint density at radius 2 is 1.97 bits per heavy atom. The maximum atomic E-state index is 11.8. The summed E-state index contributed by atoms with van der Waals surface area (Å²) in [6, 6.07) is 3.86. The van der Waals surface area contributed by atoms with Crippen LogP contribution >= 0.6 is 0 Å². The number of rotatable bonds is 5. The van der Waals surface area contributed by atoms with Gasteiger partial charge in [-0.1, -0.05) is 12.8 Å². The molecule has 2 atom stereocenters. The number of nitrogens with two attached hydrogens (primary N) is 2. The van der Waals surface area contributed by atoms with Crippen molar-refractivity contribution in [2.45, 2.75) is 51.6 Å². The summed E-state index contributed by atoms with van der Waals surface area (Å²) in [5, 5.41) is 14.4. The third-order valence-electron chi connectivity index (χ3n) is 5.41. The van der Waals surface area contributed by atoms with E-state index in [0.717, 1.165) is 48.4 Å². The van der Waals surface area contributed by atoms with E-state index in [1.807, 2.05) is 36.6 Å². The molecule has 29 heavy (non-hydrogen) atoms. The molecule has 0 unspecified atom stereocenters. The monoisotopic (exact) mass is 395 g/mol. The normalized spacial score (nSPS) is 19.3. The molecule has 0 spiro atoms. The predicted octanol–water partition coefficient (Wildman–Crippen LogP) is 1.66. The number of aryl methyl sites for hydroxylation is 2. The van der Waals surface area contributed by atoms with Gasteiger partial charge in [0.05, 0.1) is 11.4 Å². The second-order valence-corrected chi connectivity index (χ2v) is 7.45. The number of imidazole rings is 1. The van der Waals surface area contributed by atoms with E-state index in [1.165, 1.54) is 0 Å². The van der Waals surface area contributed by atoms with Crippen molar-refractivity contribution in [3.05, 3.63) is 35.4 Å². The Hall–Kier alpha value is -3.27. The molecule has 3 aromatic heterocycles. The smallest absolute Gasteiger partial charge is 0.273 e. The van der Waals surface area contributed by atoms with Gasteiger partial charge in [-0.15, -0.1) is 10.2 Å². The van der Waals surface area contributed by atoms with E-state index in [2.05, 4.69) is 30.8 Å². The minimum absolute atomic E-state index is 0.0258. The van der Waals surface area contributed by atoms with E-state index in [-0.39, 0.29) is 23.6 Å². The largest absolute Gasteiger partial charge is 0.364 e. The Morgan fingerprint density at radius 3 is 2.72 bits per heavy atom. The van der Waals surface area contributed by atoms with Crippen LogP contribution in [-0.4, -0.2) is 42.6 Å². The zero-order valence-electron chi connectivity index (χ0n) is 16.5. The van der Waals surface area contributed by atoms with Gasteiger partial charge < -0.3 is 26.5 Å². The van der Waals surface area contributed by atoms with Crippen molar-refractivity contribution in [3.63, 3.8) is 0 Å². The molecule has 0 saturated heterocycles. The predicted molar refractivity (Wildman–Crippen MR) is 110 cm³/mol. The number of anilines is 3. The highest BCUT2D eigenvalue weighted by atomic mass is 16.1. The summed E-state index contributed by atoms with van der Waals surface area (Å²) in [6.45, 7) is 3.96. The van der Waals surface area contributed by atoms with E-state index in [9.17, 15) is 4.79 Å². The van der Waals surface area contributed by atoms with Crippen molar-refractivity contribution in [2.24, 2.45) is 11.5 Å². The van der Waals surface area contributed by atoms with Gasteiger partial charge in [0.25, 0.3) is 5.91 Å². The summed E-state index contributed by atoms with van der Waals surface area (Å²) < 4.78 is 1.97. The van der Waals surface area contributed by atoms with Crippen LogP contribution in [0.1, 0.15) is 47.6 Å². The molecule has 0 aromatic carbocycles. The standard InChI is InChI=1S/C19H25N9O/c1-10-11(2)28-9-12(7-8-15(28)22-10)23-18-16(17(21)29)26-27-19(25-18)24-14-6-4-3-5-13(14)20/h7-9,13-14H,3-6,20H2,1-2H3,(H2,21,29)(H2,23,24,25,27)/t13-,14+/m0/s1. The van der Waals surface area contributed by atoms with Crippen molar-refractivity contribution >= 4 is 29.0 Å². The first-order valence-corrected chi connectivity index (χ1v) is 9.71. The number of hydrogen-bond acceptors (Lipinski definition) is 8. The second-order valence-electron chi connectivity index (χ2n) is 7.45. The third kappa shape index (κ3) is 3.83. The van der Waals surface area contributed by atoms with Gasteiger partial charge >= 0.3 is 0 Å². The number of hydrogen-bond donors (Lipinski definition) is 4. The highest BCUT2D eigenvalue weighted by molar-refractivity contribution is 5.96. The average Bonchev–Trinajstić information content (AvgIpc) is 2.97. The fourth-order valence-corrected chi connectivity index (χ4v) is 3.64. The number of primary amides is 1. The van der Waals surface area contributed by atoms with E-state index in [0.29, 0.717) is 5.95 Å². The zero-order valence-corrected chi connectivity index (χ0v) is 16.5. The molecule has 1 fully saturated rings. The molecule has 10 nitrogen and oxygen atoms in total. The number of amides is 1.